The Morgan fingerprint density at radius 1 is 1.53 bits per heavy atom. The quantitative estimate of drug-likeness (QED) is 0.617. The highest BCUT2D eigenvalue weighted by Gasteiger charge is 2.38. The van der Waals surface area contributed by atoms with Gasteiger partial charge in [-0.3, -0.25) is 0 Å². The van der Waals surface area contributed by atoms with E-state index in [1.807, 2.05) is 0 Å². The molecule has 1 fully saturated rings. The first-order valence-corrected chi connectivity index (χ1v) is 4.73. The zero-order valence-corrected chi connectivity index (χ0v) is 10.0. The maximum absolute atomic E-state index is 11.2. The van der Waals surface area contributed by atoms with Gasteiger partial charge in [-0.15, -0.1) is 12.4 Å². The van der Waals surface area contributed by atoms with Crippen LogP contribution in [-0.4, -0.2) is 35.0 Å². The monoisotopic (exact) mass is 238 g/mol. The van der Waals surface area contributed by atoms with Crippen LogP contribution >= 0.6 is 12.4 Å². The van der Waals surface area contributed by atoms with Crippen LogP contribution in [0.15, 0.2) is 0 Å². The Morgan fingerprint density at radius 3 is 2.40 bits per heavy atom. The molecule has 0 saturated heterocycles. The van der Waals surface area contributed by atoms with E-state index in [0.29, 0.717) is 6.42 Å². The second-order valence-corrected chi connectivity index (χ2v) is 4.63. The molecule has 0 heterocycles. The molecule has 0 radical (unpaired) electrons. The van der Waals surface area contributed by atoms with Gasteiger partial charge in [0.15, 0.2) is 0 Å². The Morgan fingerprint density at radius 2 is 2.07 bits per heavy atom. The van der Waals surface area contributed by atoms with Crippen molar-refractivity contribution in [1.29, 1.82) is 0 Å². The zero-order valence-electron chi connectivity index (χ0n) is 9.19. The van der Waals surface area contributed by atoms with Gasteiger partial charge >= 0.3 is 6.09 Å². The number of nitrogens with one attached hydrogen (secondary N) is 1. The number of aliphatic hydroxyl groups is 1. The Kier molecular flexibility index (Phi) is 4.83. The van der Waals surface area contributed by atoms with Gasteiger partial charge in [-0.25, -0.2) is 4.79 Å². The largest absolute Gasteiger partial charge is 0.444 e. The maximum atomic E-state index is 11.2. The minimum atomic E-state index is -0.505. The fourth-order valence-corrected chi connectivity index (χ4v) is 1.26. The molecule has 4 N–H and O–H groups in total. The molecule has 0 aliphatic heterocycles. The van der Waals surface area contributed by atoms with Crippen LogP contribution in [0, 0.1) is 0 Å². The van der Waals surface area contributed by atoms with Crippen molar-refractivity contribution in [3.63, 3.8) is 0 Å². The van der Waals surface area contributed by atoms with Gasteiger partial charge in [0.05, 0.1) is 18.2 Å². The fourth-order valence-electron chi connectivity index (χ4n) is 1.26. The van der Waals surface area contributed by atoms with Crippen LogP contribution in [0.25, 0.3) is 0 Å². The van der Waals surface area contributed by atoms with Crippen molar-refractivity contribution < 1.29 is 14.6 Å². The van der Waals surface area contributed by atoms with Crippen molar-refractivity contribution >= 4 is 18.5 Å². The molecule has 15 heavy (non-hydrogen) atoms. The number of carbonyl (C=O) groups excluding carboxylic acids is 1. The van der Waals surface area contributed by atoms with Crippen molar-refractivity contribution in [3.05, 3.63) is 0 Å². The van der Waals surface area contributed by atoms with Crippen LogP contribution in [0.5, 0.6) is 0 Å². The highest BCUT2D eigenvalue weighted by Crippen LogP contribution is 2.19. The number of halogens is 1. The summed E-state index contributed by atoms with van der Waals surface area (Å²) in [6, 6.07) is -0.539. The number of ether oxygens (including phenoxy) is 1. The van der Waals surface area contributed by atoms with Gasteiger partial charge in [-0.2, -0.15) is 0 Å². The average molecular weight is 239 g/mol. The molecule has 1 saturated carbocycles. The molecule has 3 unspecified atom stereocenters. The van der Waals surface area contributed by atoms with Crippen LogP contribution in [0.2, 0.25) is 0 Å². The standard InChI is InChI=1S/C9H18N2O3.ClH/c1-9(2,3)14-8(13)11-5-4-6(12)7(5)10;/h5-7,12H,4,10H2,1-3H3,(H,11,13);1H. The van der Waals surface area contributed by atoms with Crippen molar-refractivity contribution in [2.24, 2.45) is 5.73 Å². The summed E-state index contributed by atoms with van der Waals surface area (Å²) >= 11 is 0. The van der Waals surface area contributed by atoms with Gasteiger partial charge in [0, 0.05) is 0 Å². The molecule has 6 heteroatoms. The number of hydrogen-bond acceptors (Lipinski definition) is 4. The number of aliphatic hydroxyl groups excluding tert-OH is 1. The summed E-state index contributed by atoms with van der Waals surface area (Å²) < 4.78 is 5.04. The number of amides is 1. The van der Waals surface area contributed by atoms with E-state index in [2.05, 4.69) is 5.32 Å². The number of alkyl carbamates (subject to hydrolysis) is 1. The third-order valence-electron chi connectivity index (χ3n) is 2.11. The molecule has 1 amide bonds. The SMILES string of the molecule is CC(C)(C)OC(=O)NC1CC(O)C1N.Cl. The van der Waals surface area contributed by atoms with Crippen LogP contribution in [0.4, 0.5) is 4.79 Å². The van der Waals surface area contributed by atoms with Crippen molar-refractivity contribution in [2.45, 2.75) is 51.0 Å². The van der Waals surface area contributed by atoms with E-state index in [9.17, 15) is 4.79 Å². The van der Waals surface area contributed by atoms with Crippen molar-refractivity contribution in [2.75, 3.05) is 0 Å². The van der Waals surface area contributed by atoms with E-state index in [-0.39, 0.29) is 24.5 Å². The molecule has 0 aromatic rings. The molecule has 90 valence electrons. The minimum absolute atomic E-state index is 0. The lowest BCUT2D eigenvalue weighted by atomic mass is 9.84. The molecule has 1 aliphatic carbocycles. The lowest BCUT2D eigenvalue weighted by molar-refractivity contribution is 0.0175. The van der Waals surface area contributed by atoms with Gasteiger partial charge in [0.25, 0.3) is 0 Å². The first kappa shape index (κ1) is 14.5. The number of carbonyl (C=O) groups is 1. The van der Waals surface area contributed by atoms with Crippen LogP contribution < -0.4 is 11.1 Å². The third-order valence-corrected chi connectivity index (χ3v) is 2.11. The Balaban J connectivity index is 0.00000196. The van der Waals surface area contributed by atoms with Crippen molar-refractivity contribution in [3.8, 4) is 0 Å². The molecule has 1 rings (SSSR count). The molecule has 1 aliphatic rings. The topological polar surface area (TPSA) is 84.6 Å². The highest BCUT2D eigenvalue weighted by molar-refractivity contribution is 5.85. The second kappa shape index (κ2) is 5.01. The first-order valence-electron chi connectivity index (χ1n) is 4.73. The van der Waals surface area contributed by atoms with Crippen LogP contribution in [-0.2, 0) is 4.74 Å². The molecular formula is C9H19ClN2O3. The van der Waals surface area contributed by atoms with Gasteiger partial charge in [0.2, 0.25) is 0 Å². The predicted octanol–water partition coefficient (Wildman–Crippen LogP) is 0.393. The molecule has 0 bridgehead atoms. The summed E-state index contributed by atoms with van der Waals surface area (Å²) in [5.74, 6) is 0. The van der Waals surface area contributed by atoms with Gasteiger partial charge < -0.3 is 20.9 Å². The predicted molar refractivity (Wildman–Crippen MR) is 59.0 cm³/mol. The summed E-state index contributed by atoms with van der Waals surface area (Å²) in [4.78, 5) is 11.2. The van der Waals surface area contributed by atoms with E-state index < -0.39 is 17.8 Å². The molecule has 3 atom stereocenters. The van der Waals surface area contributed by atoms with Gasteiger partial charge in [-0.05, 0) is 27.2 Å². The highest BCUT2D eigenvalue weighted by atomic mass is 35.5. The summed E-state index contributed by atoms with van der Waals surface area (Å²) in [5.41, 5.74) is 5.05. The summed E-state index contributed by atoms with van der Waals surface area (Å²) in [6.07, 6.45) is -0.486. The second-order valence-electron chi connectivity index (χ2n) is 4.63. The number of nitrogens with two attached hydrogens (primary N) is 1. The summed E-state index contributed by atoms with van der Waals surface area (Å²) in [6.45, 7) is 5.38. The smallest absolute Gasteiger partial charge is 0.407 e. The summed E-state index contributed by atoms with van der Waals surface area (Å²) in [5, 5.41) is 11.7. The Labute approximate surface area is 95.8 Å². The first-order chi connectivity index (χ1) is 6.29. The van der Waals surface area contributed by atoms with E-state index in [4.69, 9.17) is 15.6 Å². The van der Waals surface area contributed by atoms with Crippen molar-refractivity contribution in [1.82, 2.24) is 5.32 Å². The Hall–Kier alpha value is -0.520. The lowest BCUT2D eigenvalue weighted by Crippen LogP contribution is -2.63. The molecular weight excluding hydrogens is 220 g/mol. The van der Waals surface area contributed by atoms with Crippen LogP contribution in [0.3, 0.4) is 0 Å². The average Bonchev–Trinajstić information content (AvgIpc) is 2.00. The molecule has 5 nitrogen and oxygen atoms in total. The van der Waals surface area contributed by atoms with Gasteiger partial charge in [-0.1, -0.05) is 0 Å². The number of rotatable bonds is 1. The normalized spacial score (nSPS) is 29.8. The van der Waals surface area contributed by atoms with Gasteiger partial charge in [0.1, 0.15) is 5.60 Å². The molecule has 0 spiro atoms. The van der Waals surface area contributed by atoms with E-state index >= 15 is 0 Å². The fraction of sp³-hybridized carbons (Fsp3) is 0.889. The zero-order chi connectivity index (χ0) is 10.9. The van der Waals surface area contributed by atoms with E-state index in [1.165, 1.54) is 0 Å². The summed E-state index contributed by atoms with van der Waals surface area (Å²) in [7, 11) is 0. The number of hydrogen-bond donors (Lipinski definition) is 3. The molecule has 0 aromatic carbocycles. The molecule has 0 aromatic heterocycles. The minimum Gasteiger partial charge on any atom is -0.444 e. The van der Waals surface area contributed by atoms with E-state index in [0.717, 1.165) is 0 Å². The van der Waals surface area contributed by atoms with E-state index in [1.54, 1.807) is 20.8 Å². The van der Waals surface area contributed by atoms with Crippen LogP contribution in [0.1, 0.15) is 27.2 Å². The lowest BCUT2D eigenvalue weighted by Gasteiger charge is -2.39. The third kappa shape index (κ3) is 4.24. The maximum Gasteiger partial charge on any atom is 0.407 e. The Bertz CT molecular complexity index is 230.